The van der Waals surface area contributed by atoms with Gasteiger partial charge < -0.3 is 20.6 Å². The molecule has 0 aliphatic heterocycles. The number of anilines is 1. The van der Waals surface area contributed by atoms with Crippen LogP contribution < -0.4 is 5.32 Å². The van der Waals surface area contributed by atoms with Crippen molar-refractivity contribution in [2.75, 3.05) is 5.32 Å². The molecule has 1 heterocycles. The number of carbonyl (C=O) groups excluding carboxylic acids is 1. The van der Waals surface area contributed by atoms with Gasteiger partial charge in [-0.3, -0.25) is 4.79 Å². The van der Waals surface area contributed by atoms with Crippen LogP contribution in [0.5, 0.6) is 11.5 Å². The van der Waals surface area contributed by atoms with E-state index in [1.54, 1.807) is 0 Å². The van der Waals surface area contributed by atoms with Crippen molar-refractivity contribution in [2.24, 2.45) is 0 Å². The summed E-state index contributed by atoms with van der Waals surface area (Å²) >= 11 is 0. The molecule has 0 saturated carbocycles. The van der Waals surface area contributed by atoms with Crippen LogP contribution >= 0.6 is 0 Å². The first kappa shape index (κ1) is 13.3. The van der Waals surface area contributed by atoms with E-state index in [1.165, 1.54) is 18.3 Å². The SMILES string of the molecule is O=C(Nc1ncccc1C(=O)O)c1cc(O)cc(O)c1. The maximum atomic E-state index is 11.9. The molecule has 0 unspecified atom stereocenters. The molecular weight excluding hydrogens is 264 g/mol. The molecule has 0 aliphatic carbocycles. The molecule has 1 amide bonds. The average molecular weight is 274 g/mol. The first-order valence-corrected chi connectivity index (χ1v) is 5.50. The van der Waals surface area contributed by atoms with E-state index in [1.807, 2.05) is 0 Å². The van der Waals surface area contributed by atoms with Crippen molar-refractivity contribution >= 4 is 17.7 Å². The quantitative estimate of drug-likeness (QED) is 0.672. The van der Waals surface area contributed by atoms with E-state index in [2.05, 4.69) is 10.3 Å². The Morgan fingerprint density at radius 3 is 2.35 bits per heavy atom. The topological polar surface area (TPSA) is 120 Å². The molecule has 0 aliphatic rings. The molecule has 0 fully saturated rings. The molecule has 1 aromatic carbocycles. The fourth-order valence-electron chi connectivity index (χ4n) is 1.58. The summed E-state index contributed by atoms with van der Waals surface area (Å²) in [6.07, 6.45) is 1.34. The fourth-order valence-corrected chi connectivity index (χ4v) is 1.58. The Morgan fingerprint density at radius 1 is 1.10 bits per heavy atom. The maximum Gasteiger partial charge on any atom is 0.339 e. The van der Waals surface area contributed by atoms with Crippen molar-refractivity contribution in [3.05, 3.63) is 47.7 Å². The highest BCUT2D eigenvalue weighted by Gasteiger charge is 2.15. The van der Waals surface area contributed by atoms with Crippen molar-refractivity contribution in [2.45, 2.75) is 0 Å². The number of rotatable bonds is 3. The molecule has 1 aromatic heterocycles. The summed E-state index contributed by atoms with van der Waals surface area (Å²) in [5, 5.41) is 29.9. The van der Waals surface area contributed by atoms with Gasteiger partial charge in [-0.1, -0.05) is 0 Å². The third-order valence-corrected chi connectivity index (χ3v) is 2.43. The van der Waals surface area contributed by atoms with Crippen molar-refractivity contribution < 1.29 is 24.9 Å². The molecule has 0 bridgehead atoms. The number of nitrogens with zero attached hydrogens (tertiary/aromatic N) is 1. The second kappa shape index (κ2) is 5.27. The summed E-state index contributed by atoms with van der Waals surface area (Å²) in [6, 6.07) is 6.07. The summed E-state index contributed by atoms with van der Waals surface area (Å²) in [4.78, 5) is 26.7. The highest BCUT2D eigenvalue weighted by Crippen LogP contribution is 2.21. The standard InChI is InChI=1S/C13H10N2O5/c16-8-4-7(5-9(17)6-8)12(18)15-11-10(13(19)20)2-1-3-14-11/h1-6,16-17H,(H,19,20)(H,14,15,18). The summed E-state index contributed by atoms with van der Waals surface area (Å²) in [5.41, 5.74) is -0.185. The van der Waals surface area contributed by atoms with Crippen LogP contribution in [0, 0.1) is 0 Å². The van der Waals surface area contributed by atoms with Gasteiger partial charge in [0.15, 0.2) is 0 Å². The molecule has 7 nitrogen and oxygen atoms in total. The van der Waals surface area contributed by atoms with E-state index in [4.69, 9.17) is 5.11 Å². The van der Waals surface area contributed by atoms with Crippen LogP contribution in [-0.4, -0.2) is 32.2 Å². The smallest absolute Gasteiger partial charge is 0.339 e. The molecular formula is C13H10N2O5. The zero-order valence-electron chi connectivity index (χ0n) is 10.1. The number of aromatic carboxylic acids is 1. The molecule has 2 aromatic rings. The summed E-state index contributed by atoms with van der Waals surface area (Å²) in [7, 11) is 0. The maximum absolute atomic E-state index is 11.9. The lowest BCUT2D eigenvalue weighted by Crippen LogP contribution is -2.15. The van der Waals surface area contributed by atoms with Gasteiger partial charge in [0.2, 0.25) is 0 Å². The number of nitrogens with one attached hydrogen (secondary N) is 1. The molecule has 20 heavy (non-hydrogen) atoms. The van der Waals surface area contributed by atoms with Gasteiger partial charge in [-0.05, 0) is 24.3 Å². The van der Waals surface area contributed by atoms with E-state index in [0.717, 1.165) is 18.2 Å². The highest BCUT2D eigenvalue weighted by molar-refractivity contribution is 6.07. The lowest BCUT2D eigenvalue weighted by molar-refractivity contribution is 0.0697. The molecule has 0 atom stereocenters. The Hall–Kier alpha value is -3.09. The molecule has 2 rings (SSSR count). The minimum absolute atomic E-state index is 0.0236. The number of amides is 1. The van der Waals surface area contributed by atoms with Gasteiger partial charge in [-0.15, -0.1) is 0 Å². The summed E-state index contributed by atoms with van der Waals surface area (Å²) in [6.45, 7) is 0. The molecule has 0 spiro atoms. The van der Waals surface area contributed by atoms with Crippen LogP contribution in [0.25, 0.3) is 0 Å². The van der Waals surface area contributed by atoms with Crippen LogP contribution in [0.15, 0.2) is 36.5 Å². The number of hydrogen-bond donors (Lipinski definition) is 4. The zero-order valence-corrected chi connectivity index (χ0v) is 10.1. The second-order valence-electron chi connectivity index (χ2n) is 3.90. The zero-order chi connectivity index (χ0) is 14.7. The number of carbonyl (C=O) groups is 2. The van der Waals surface area contributed by atoms with Crippen molar-refractivity contribution in [3.8, 4) is 11.5 Å². The number of carboxylic acids is 1. The Balaban J connectivity index is 2.30. The van der Waals surface area contributed by atoms with Gasteiger partial charge in [-0.2, -0.15) is 0 Å². The Bertz CT molecular complexity index is 664. The lowest BCUT2D eigenvalue weighted by Gasteiger charge is -2.07. The number of aromatic hydroxyl groups is 2. The molecule has 4 N–H and O–H groups in total. The van der Waals surface area contributed by atoms with Crippen molar-refractivity contribution in [3.63, 3.8) is 0 Å². The van der Waals surface area contributed by atoms with Crippen molar-refractivity contribution in [1.82, 2.24) is 4.98 Å². The largest absolute Gasteiger partial charge is 0.508 e. The fraction of sp³-hybridized carbons (Fsp3) is 0. The molecule has 102 valence electrons. The Morgan fingerprint density at radius 2 is 1.75 bits per heavy atom. The summed E-state index contributed by atoms with van der Waals surface area (Å²) < 4.78 is 0. The number of aromatic nitrogens is 1. The highest BCUT2D eigenvalue weighted by atomic mass is 16.4. The van der Waals surface area contributed by atoms with E-state index < -0.39 is 11.9 Å². The van der Waals surface area contributed by atoms with Gasteiger partial charge in [0.25, 0.3) is 5.91 Å². The average Bonchev–Trinajstić information content (AvgIpc) is 2.37. The van der Waals surface area contributed by atoms with Crippen LogP contribution in [-0.2, 0) is 0 Å². The van der Waals surface area contributed by atoms with Crippen LogP contribution in [0.2, 0.25) is 0 Å². The molecule has 0 saturated heterocycles. The number of hydrogen-bond acceptors (Lipinski definition) is 5. The van der Waals surface area contributed by atoms with Gasteiger partial charge in [-0.25, -0.2) is 9.78 Å². The lowest BCUT2D eigenvalue weighted by atomic mass is 10.2. The van der Waals surface area contributed by atoms with E-state index in [0.29, 0.717) is 0 Å². The Labute approximate surface area is 113 Å². The first-order valence-electron chi connectivity index (χ1n) is 5.50. The number of carboxylic acid groups (broad SMARTS) is 1. The minimum Gasteiger partial charge on any atom is -0.508 e. The number of benzene rings is 1. The van der Waals surface area contributed by atoms with E-state index >= 15 is 0 Å². The van der Waals surface area contributed by atoms with Crippen LogP contribution in [0.1, 0.15) is 20.7 Å². The van der Waals surface area contributed by atoms with Gasteiger partial charge in [0.1, 0.15) is 22.9 Å². The normalized spacial score (nSPS) is 10.0. The first-order chi connectivity index (χ1) is 9.47. The van der Waals surface area contributed by atoms with Gasteiger partial charge in [0, 0.05) is 17.8 Å². The van der Waals surface area contributed by atoms with Gasteiger partial charge >= 0.3 is 5.97 Å². The monoisotopic (exact) mass is 274 g/mol. The van der Waals surface area contributed by atoms with Crippen LogP contribution in [0.4, 0.5) is 5.82 Å². The third kappa shape index (κ3) is 2.83. The number of pyridine rings is 1. The summed E-state index contributed by atoms with van der Waals surface area (Å²) in [5.74, 6) is -2.61. The Kier molecular flexibility index (Phi) is 3.52. The number of phenols is 2. The predicted molar refractivity (Wildman–Crippen MR) is 68.9 cm³/mol. The van der Waals surface area contributed by atoms with E-state index in [9.17, 15) is 19.8 Å². The minimum atomic E-state index is -1.23. The third-order valence-electron chi connectivity index (χ3n) is 2.43. The van der Waals surface area contributed by atoms with Crippen molar-refractivity contribution in [1.29, 1.82) is 0 Å². The molecule has 7 heteroatoms. The second-order valence-corrected chi connectivity index (χ2v) is 3.90. The molecule has 0 radical (unpaired) electrons. The predicted octanol–water partition coefficient (Wildman–Crippen LogP) is 1.44. The van der Waals surface area contributed by atoms with E-state index in [-0.39, 0.29) is 28.4 Å². The van der Waals surface area contributed by atoms with Gasteiger partial charge in [0.05, 0.1) is 0 Å². The van der Waals surface area contributed by atoms with Crippen LogP contribution in [0.3, 0.4) is 0 Å². The number of phenolic OH excluding ortho intramolecular Hbond substituents is 2.